The summed E-state index contributed by atoms with van der Waals surface area (Å²) in [6.45, 7) is 6.90. The molecule has 2 N–H and O–H groups in total. The van der Waals surface area contributed by atoms with Crippen LogP contribution >= 0.6 is 11.8 Å². The quantitative estimate of drug-likeness (QED) is 0.398. The van der Waals surface area contributed by atoms with Crippen LogP contribution in [-0.2, 0) is 13.0 Å². The second-order valence-corrected chi connectivity index (χ2v) is 9.95. The van der Waals surface area contributed by atoms with E-state index in [1.54, 1.807) is 18.2 Å². The lowest BCUT2D eigenvalue weighted by molar-refractivity contribution is 0.0697. The van der Waals surface area contributed by atoms with Gasteiger partial charge in [-0.3, -0.25) is 4.79 Å². The van der Waals surface area contributed by atoms with Crippen LogP contribution < -0.4 is 5.56 Å². The van der Waals surface area contributed by atoms with E-state index >= 15 is 0 Å². The molecule has 0 saturated carbocycles. The Balaban J connectivity index is 1.77. The third-order valence-corrected chi connectivity index (χ3v) is 6.04. The molecule has 2 aromatic heterocycles. The summed E-state index contributed by atoms with van der Waals surface area (Å²) < 4.78 is 1.97. The third-order valence-electron chi connectivity index (χ3n) is 5.37. The summed E-state index contributed by atoms with van der Waals surface area (Å²) >= 11 is 1.45. The number of hydrogen-bond donors (Lipinski definition) is 2. The lowest BCUT2D eigenvalue weighted by atomic mass is 9.92. The molecule has 0 saturated heterocycles. The summed E-state index contributed by atoms with van der Waals surface area (Å²) in [7, 11) is 0. The maximum atomic E-state index is 12.7. The highest BCUT2D eigenvalue weighted by molar-refractivity contribution is 7.98. The Labute approximate surface area is 195 Å². The SMILES string of the molecule is CSc1n[nH]c(=O)c2c1nc(CC(C)(C)C)n2Cc1ccc(-c2ccccc2C(=O)O)cc1. The van der Waals surface area contributed by atoms with Crippen LogP contribution in [0, 0.1) is 5.41 Å². The number of thioether (sulfide) groups is 1. The van der Waals surface area contributed by atoms with Gasteiger partial charge in [0, 0.05) is 13.0 Å². The number of aromatic amines is 1. The molecule has 0 spiro atoms. The van der Waals surface area contributed by atoms with E-state index in [-0.39, 0.29) is 16.5 Å². The number of aromatic nitrogens is 4. The first kappa shape index (κ1) is 22.8. The number of imidazole rings is 1. The Morgan fingerprint density at radius 1 is 1.12 bits per heavy atom. The monoisotopic (exact) mass is 462 g/mol. The fraction of sp³-hybridized carbons (Fsp3) is 0.280. The molecule has 2 aromatic carbocycles. The number of aromatic carboxylic acids is 1. The van der Waals surface area contributed by atoms with Gasteiger partial charge in [0.1, 0.15) is 21.9 Å². The van der Waals surface area contributed by atoms with Crippen LogP contribution in [0.1, 0.15) is 42.5 Å². The van der Waals surface area contributed by atoms with Crippen LogP contribution in [-0.4, -0.2) is 37.1 Å². The van der Waals surface area contributed by atoms with Crippen molar-refractivity contribution in [1.29, 1.82) is 0 Å². The Hall–Kier alpha value is -3.39. The van der Waals surface area contributed by atoms with Gasteiger partial charge in [0.25, 0.3) is 5.56 Å². The molecular formula is C25H26N4O3S. The van der Waals surface area contributed by atoms with Crippen LogP contribution in [0.5, 0.6) is 0 Å². The molecule has 0 radical (unpaired) electrons. The highest BCUT2D eigenvalue weighted by Gasteiger charge is 2.22. The second-order valence-electron chi connectivity index (χ2n) is 9.16. The number of nitrogens with one attached hydrogen (secondary N) is 1. The van der Waals surface area contributed by atoms with Crippen LogP contribution in [0.15, 0.2) is 58.4 Å². The highest BCUT2D eigenvalue weighted by Crippen LogP contribution is 2.28. The van der Waals surface area contributed by atoms with Gasteiger partial charge in [-0.05, 0) is 34.4 Å². The van der Waals surface area contributed by atoms with Gasteiger partial charge in [-0.2, -0.15) is 5.10 Å². The first-order valence-corrected chi connectivity index (χ1v) is 11.8. The van der Waals surface area contributed by atoms with E-state index in [2.05, 4.69) is 31.0 Å². The number of hydrogen-bond acceptors (Lipinski definition) is 5. The van der Waals surface area contributed by atoms with E-state index in [0.29, 0.717) is 34.6 Å². The van der Waals surface area contributed by atoms with E-state index in [1.807, 2.05) is 41.2 Å². The largest absolute Gasteiger partial charge is 0.478 e. The summed E-state index contributed by atoms with van der Waals surface area (Å²) in [5.74, 6) is -0.115. The third kappa shape index (κ3) is 4.71. The molecule has 0 atom stereocenters. The molecule has 33 heavy (non-hydrogen) atoms. The first-order valence-electron chi connectivity index (χ1n) is 10.6. The molecule has 0 fully saturated rings. The van der Waals surface area contributed by atoms with Crippen molar-refractivity contribution in [2.75, 3.05) is 6.26 Å². The van der Waals surface area contributed by atoms with Crippen LogP contribution in [0.25, 0.3) is 22.2 Å². The van der Waals surface area contributed by atoms with Gasteiger partial charge >= 0.3 is 5.97 Å². The molecule has 0 bridgehead atoms. The van der Waals surface area contributed by atoms with Crippen molar-refractivity contribution < 1.29 is 9.90 Å². The van der Waals surface area contributed by atoms with Crippen molar-refractivity contribution in [3.8, 4) is 11.1 Å². The zero-order valence-electron chi connectivity index (χ0n) is 19.0. The number of carboxylic acids is 1. The van der Waals surface area contributed by atoms with Crippen LogP contribution in [0.2, 0.25) is 0 Å². The maximum absolute atomic E-state index is 12.7. The molecular weight excluding hydrogens is 436 g/mol. The number of carboxylic acid groups (broad SMARTS) is 1. The fourth-order valence-electron chi connectivity index (χ4n) is 3.90. The minimum atomic E-state index is -0.955. The van der Waals surface area contributed by atoms with Gasteiger partial charge in [-0.1, -0.05) is 63.2 Å². The minimum Gasteiger partial charge on any atom is -0.478 e. The van der Waals surface area contributed by atoms with E-state index in [0.717, 1.165) is 17.0 Å². The number of rotatable bonds is 6. The second kappa shape index (κ2) is 8.86. The predicted octanol–water partition coefficient (Wildman–Crippen LogP) is 4.84. The van der Waals surface area contributed by atoms with Crippen molar-refractivity contribution in [2.45, 2.75) is 38.8 Å². The molecule has 0 aliphatic rings. The zero-order chi connectivity index (χ0) is 23.8. The summed E-state index contributed by atoms with van der Waals surface area (Å²) in [4.78, 5) is 29.1. The Bertz CT molecular complexity index is 1380. The number of fused-ring (bicyclic) bond motifs is 1. The standard InChI is InChI=1S/C25H26N4O3S/c1-25(2,3)13-19-26-20-21(22(30)27-28-23(20)33-4)29(19)14-15-9-11-16(12-10-15)17-7-5-6-8-18(17)24(31)32/h5-12H,13-14H2,1-4H3,(H,27,30)(H,31,32). The lowest BCUT2D eigenvalue weighted by Crippen LogP contribution is -2.18. The molecule has 0 aliphatic heterocycles. The first-order chi connectivity index (χ1) is 15.7. The predicted molar refractivity (Wildman–Crippen MR) is 131 cm³/mol. The fourth-order valence-corrected chi connectivity index (χ4v) is 4.37. The van der Waals surface area contributed by atoms with Crippen molar-refractivity contribution in [2.24, 2.45) is 5.41 Å². The molecule has 0 amide bonds. The van der Waals surface area contributed by atoms with Crippen molar-refractivity contribution in [1.82, 2.24) is 19.7 Å². The molecule has 0 unspecified atom stereocenters. The smallest absolute Gasteiger partial charge is 0.336 e. The van der Waals surface area contributed by atoms with E-state index in [1.165, 1.54) is 11.8 Å². The van der Waals surface area contributed by atoms with Gasteiger partial charge in [-0.15, -0.1) is 11.8 Å². The number of carbonyl (C=O) groups is 1. The van der Waals surface area contributed by atoms with Crippen molar-refractivity contribution in [3.05, 3.63) is 75.8 Å². The maximum Gasteiger partial charge on any atom is 0.336 e. The van der Waals surface area contributed by atoms with Crippen LogP contribution in [0.4, 0.5) is 0 Å². The molecule has 2 heterocycles. The number of benzene rings is 2. The Morgan fingerprint density at radius 3 is 2.45 bits per heavy atom. The molecule has 8 heteroatoms. The zero-order valence-corrected chi connectivity index (χ0v) is 19.9. The van der Waals surface area contributed by atoms with Gasteiger partial charge < -0.3 is 9.67 Å². The van der Waals surface area contributed by atoms with Gasteiger partial charge in [0.2, 0.25) is 0 Å². The average molecular weight is 463 g/mol. The Morgan fingerprint density at radius 2 is 1.82 bits per heavy atom. The normalized spacial score (nSPS) is 11.8. The van der Waals surface area contributed by atoms with Gasteiger partial charge in [0.05, 0.1) is 5.56 Å². The highest BCUT2D eigenvalue weighted by atomic mass is 32.2. The number of H-pyrrole nitrogens is 1. The summed E-state index contributed by atoms with van der Waals surface area (Å²) in [5.41, 5.74) is 3.63. The van der Waals surface area contributed by atoms with E-state index in [9.17, 15) is 14.7 Å². The molecule has 170 valence electrons. The minimum absolute atomic E-state index is 0.0107. The molecule has 7 nitrogen and oxygen atoms in total. The molecule has 0 aliphatic carbocycles. The van der Waals surface area contributed by atoms with Crippen molar-refractivity contribution in [3.63, 3.8) is 0 Å². The topological polar surface area (TPSA) is 101 Å². The van der Waals surface area contributed by atoms with E-state index in [4.69, 9.17) is 4.98 Å². The molecule has 4 aromatic rings. The Kier molecular flexibility index (Phi) is 6.12. The summed E-state index contributed by atoms with van der Waals surface area (Å²) in [6.07, 6.45) is 2.62. The van der Waals surface area contributed by atoms with Gasteiger partial charge in [0.15, 0.2) is 0 Å². The summed E-state index contributed by atoms with van der Waals surface area (Å²) in [5, 5.41) is 16.9. The number of nitrogens with zero attached hydrogens (tertiary/aromatic N) is 3. The van der Waals surface area contributed by atoms with Crippen molar-refractivity contribution >= 4 is 28.8 Å². The lowest BCUT2D eigenvalue weighted by Gasteiger charge is -2.19. The van der Waals surface area contributed by atoms with Crippen LogP contribution in [0.3, 0.4) is 0 Å². The summed E-state index contributed by atoms with van der Waals surface area (Å²) in [6, 6.07) is 14.7. The van der Waals surface area contributed by atoms with Gasteiger partial charge in [-0.25, -0.2) is 14.9 Å². The molecule has 4 rings (SSSR count). The van der Waals surface area contributed by atoms with E-state index < -0.39 is 5.97 Å². The average Bonchev–Trinajstić information content (AvgIpc) is 3.11.